The van der Waals surface area contributed by atoms with Gasteiger partial charge in [0.25, 0.3) is 5.91 Å². The molecule has 98 valence electrons. The summed E-state index contributed by atoms with van der Waals surface area (Å²) in [4.78, 5) is 11.8. The molecule has 2 rings (SSSR count). The van der Waals surface area contributed by atoms with Crippen molar-refractivity contribution in [2.24, 2.45) is 0 Å². The van der Waals surface area contributed by atoms with Crippen molar-refractivity contribution in [3.63, 3.8) is 0 Å². The minimum Gasteiger partial charge on any atom is -0.322 e. The zero-order valence-corrected chi connectivity index (χ0v) is 10.0. The highest BCUT2D eigenvalue weighted by Gasteiger charge is 2.14. The van der Waals surface area contributed by atoms with Gasteiger partial charge in [-0.25, -0.2) is 13.2 Å². The molecule has 0 aliphatic carbocycles. The summed E-state index contributed by atoms with van der Waals surface area (Å²) in [6.07, 6.45) is 0. The monoisotopic (exact) mass is 265 g/mol. The molecule has 1 amide bonds. The molecule has 0 aromatic heterocycles. The Hall–Kier alpha value is -2.30. The lowest BCUT2D eigenvalue weighted by molar-refractivity contribution is 0.102. The first kappa shape index (κ1) is 13.1. The van der Waals surface area contributed by atoms with Crippen LogP contribution in [0.1, 0.15) is 15.9 Å². The number of carbonyl (C=O) groups excluding carboxylic acids is 1. The van der Waals surface area contributed by atoms with Crippen LogP contribution >= 0.6 is 0 Å². The van der Waals surface area contributed by atoms with Gasteiger partial charge >= 0.3 is 0 Å². The van der Waals surface area contributed by atoms with Gasteiger partial charge in [-0.3, -0.25) is 4.79 Å². The molecule has 0 unspecified atom stereocenters. The molecule has 2 aromatic carbocycles. The Balaban J connectivity index is 2.28. The summed E-state index contributed by atoms with van der Waals surface area (Å²) in [5, 5.41) is 2.41. The molecule has 0 spiro atoms. The van der Waals surface area contributed by atoms with Crippen molar-refractivity contribution in [3.8, 4) is 0 Å². The van der Waals surface area contributed by atoms with Crippen LogP contribution in [-0.4, -0.2) is 5.91 Å². The second-order valence-electron chi connectivity index (χ2n) is 4.04. The van der Waals surface area contributed by atoms with Crippen LogP contribution in [0.25, 0.3) is 0 Å². The van der Waals surface area contributed by atoms with E-state index >= 15 is 0 Å². The molecule has 0 saturated heterocycles. The van der Waals surface area contributed by atoms with Crippen LogP contribution in [0.5, 0.6) is 0 Å². The number of anilines is 1. The van der Waals surface area contributed by atoms with E-state index in [9.17, 15) is 18.0 Å². The largest absolute Gasteiger partial charge is 0.322 e. The summed E-state index contributed by atoms with van der Waals surface area (Å²) in [6, 6.07) is 6.38. The van der Waals surface area contributed by atoms with Gasteiger partial charge in [0.05, 0.1) is 5.56 Å². The van der Waals surface area contributed by atoms with Crippen LogP contribution < -0.4 is 5.32 Å². The lowest BCUT2D eigenvalue weighted by Crippen LogP contribution is -2.15. The molecule has 0 bridgehead atoms. The third-order valence-corrected chi connectivity index (χ3v) is 2.61. The smallest absolute Gasteiger partial charge is 0.258 e. The molecule has 0 aliphatic rings. The summed E-state index contributed by atoms with van der Waals surface area (Å²) in [7, 11) is 0. The van der Waals surface area contributed by atoms with E-state index in [0.29, 0.717) is 11.3 Å². The predicted octanol–water partition coefficient (Wildman–Crippen LogP) is 3.66. The number of rotatable bonds is 2. The van der Waals surface area contributed by atoms with Crippen LogP contribution in [0.2, 0.25) is 0 Å². The van der Waals surface area contributed by atoms with Crippen LogP contribution in [0, 0.1) is 24.4 Å². The molecule has 2 aromatic rings. The molecule has 0 radical (unpaired) electrons. The molecule has 5 heteroatoms. The van der Waals surface area contributed by atoms with Crippen molar-refractivity contribution in [1.82, 2.24) is 0 Å². The van der Waals surface area contributed by atoms with E-state index in [0.717, 1.165) is 18.2 Å². The van der Waals surface area contributed by atoms with Crippen molar-refractivity contribution in [3.05, 3.63) is 65.0 Å². The fourth-order valence-electron chi connectivity index (χ4n) is 1.63. The molecule has 0 saturated carbocycles. The third kappa shape index (κ3) is 2.93. The number of nitrogens with one attached hydrogen (secondary N) is 1. The van der Waals surface area contributed by atoms with Gasteiger partial charge in [-0.1, -0.05) is 0 Å². The van der Waals surface area contributed by atoms with Gasteiger partial charge in [0.1, 0.15) is 17.5 Å². The average molecular weight is 265 g/mol. The Bertz CT molecular complexity index is 641. The van der Waals surface area contributed by atoms with E-state index < -0.39 is 28.9 Å². The first-order valence-corrected chi connectivity index (χ1v) is 5.50. The van der Waals surface area contributed by atoms with E-state index in [-0.39, 0.29) is 0 Å². The molecule has 0 atom stereocenters. The topological polar surface area (TPSA) is 29.1 Å². The standard InChI is InChI=1S/C14H10F3NO/c1-8-6-9(15)3-5-13(8)18-14(19)11-7-10(16)2-4-12(11)17/h2-7H,1H3,(H,18,19). The lowest BCUT2D eigenvalue weighted by Gasteiger charge is -2.09. The van der Waals surface area contributed by atoms with Crippen LogP contribution in [0.4, 0.5) is 18.9 Å². The van der Waals surface area contributed by atoms with Crippen molar-refractivity contribution >= 4 is 11.6 Å². The fraction of sp³-hybridized carbons (Fsp3) is 0.0714. The van der Waals surface area contributed by atoms with Gasteiger partial charge < -0.3 is 5.32 Å². The second kappa shape index (κ2) is 5.14. The molecule has 0 aliphatic heterocycles. The number of carbonyl (C=O) groups is 1. The summed E-state index contributed by atoms with van der Waals surface area (Å²) in [5.41, 5.74) is 0.434. The van der Waals surface area contributed by atoms with Crippen molar-refractivity contribution in [2.45, 2.75) is 6.92 Å². The number of hydrogen-bond donors (Lipinski definition) is 1. The average Bonchev–Trinajstić information content (AvgIpc) is 2.35. The van der Waals surface area contributed by atoms with E-state index in [1.165, 1.54) is 18.2 Å². The quantitative estimate of drug-likeness (QED) is 0.882. The highest BCUT2D eigenvalue weighted by molar-refractivity contribution is 6.04. The van der Waals surface area contributed by atoms with Crippen LogP contribution in [0.15, 0.2) is 36.4 Å². The number of halogens is 3. The van der Waals surface area contributed by atoms with Gasteiger partial charge in [-0.2, -0.15) is 0 Å². The van der Waals surface area contributed by atoms with Gasteiger partial charge in [-0.15, -0.1) is 0 Å². The molecule has 2 nitrogen and oxygen atoms in total. The van der Waals surface area contributed by atoms with E-state index in [1.54, 1.807) is 6.92 Å². The Morgan fingerprint density at radius 1 is 1.00 bits per heavy atom. The Labute approximate surface area is 107 Å². The van der Waals surface area contributed by atoms with Gasteiger partial charge in [0.15, 0.2) is 0 Å². The second-order valence-corrected chi connectivity index (χ2v) is 4.04. The molecule has 19 heavy (non-hydrogen) atoms. The highest BCUT2D eigenvalue weighted by atomic mass is 19.1. The molecule has 0 fully saturated rings. The van der Waals surface area contributed by atoms with Gasteiger partial charge in [-0.05, 0) is 48.9 Å². The predicted molar refractivity (Wildman–Crippen MR) is 65.4 cm³/mol. The minimum atomic E-state index is -0.821. The zero-order chi connectivity index (χ0) is 14.0. The van der Waals surface area contributed by atoms with Gasteiger partial charge in [0.2, 0.25) is 0 Å². The molecule has 0 heterocycles. The van der Waals surface area contributed by atoms with E-state index in [1.807, 2.05) is 0 Å². The number of benzene rings is 2. The maximum absolute atomic E-state index is 13.4. The normalized spacial score (nSPS) is 10.3. The minimum absolute atomic E-state index is 0.343. The number of aryl methyl sites for hydroxylation is 1. The Morgan fingerprint density at radius 3 is 2.32 bits per heavy atom. The molecule has 1 N–H and O–H groups in total. The number of hydrogen-bond acceptors (Lipinski definition) is 1. The highest BCUT2D eigenvalue weighted by Crippen LogP contribution is 2.18. The molecular formula is C14H10F3NO. The van der Waals surface area contributed by atoms with E-state index in [2.05, 4.69) is 5.32 Å². The summed E-state index contributed by atoms with van der Waals surface area (Å²) in [6.45, 7) is 1.60. The maximum atomic E-state index is 13.4. The SMILES string of the molecule is Cc1cc(F)ccc1NC(=O)c1cc(F)ccc1F. The lowest BCUT2D eigenvalue weighted by atomic mass is 10.1. The summed E-state index contributed by atoms with van der Waals surface area (Å²) < 4.78 is 39.3. The van der Waals surface area contributed by atoms with Crippen molar-refractivity contribution in [2.75, 3.05) is 5.32 Å². The summed E-state index contributed by atoms with van der Waals surface area (Å²) in [5.74, 6) is -2.75. The van der Waals surface area contributed by atoms with Crippen LogP contribution in [-0.2, 0) is 0 Å². The summed E-state index contributed by atoms with van der Waals surface area (Å²) >= 11 is 0. The van der Waals surface area contributed by atoms with Crippen molar-refractivity contribution < 1.29 is 18.0 Å². The van der Waals surface area contributed by atoms with E-state index in [4.69, 9.17) is 0 Å². The third-order valence-electron chi connectivity index (χ3n) is 2.61. The zero-order valence-electron chi connectivity index (χ0n) is 10.0. The van der Waals surface area contributed by atoms with Gasteiger partial charge in [0, 0.05) is 5.69 Å². The number of amides is 1. The Morgan fingerprint density at radius 2 is 1.63 bits per heavy atom. The molecular weight excluding hydrogens is 255 g/mol. The first-order chi connectivity index (χ1) is 8.97. The van der Waals surface area contributed by atoms with Crippen molar-refractivity contribution in [1.29, 1.82) is 0 Å². The van der Waals surface area contributed by atoms with Crippen LogP contribution in [0.3, 0.4) is 0 Å². The first-order valence-electron chi connectivity index (χ1n) is 5.50. The fourth-order valence-corrected chi connectivity index (χ4v) is 1.63. The maximum Gasteiger partial charge on any atom is 0.258 e. The Kier molecular flexibility index (Phi) is 3.55.